The van der Waals surface area contributed by atoms with Gasteiger partial charge in [0.1, 0.15) is 0 Å². The molecule has 15 heavy (non-hydrogen) atoms. The van der Waals surface area contributed by atoms with Gasteiger partial charge in [-0.3, -0.25) is 4.99 Å². The Bertz CT molecular complexity index is 415. The van der Waals surface area contributed by atoms with Crippen molar-refractivity contribution in [3.05, 3.63) is 27.7 Å². The molecule has 0 aliphatic carbocycles. The molecule has 2 N–H and O–H groups in total. The summed E-state index contributed by atoms with van der Waals surface area (Å²) in [6.45, 7) is 3.57. The molecule has 80 valence electrons. The Labute approximate surface area is 98.5 Å². The lowest BCUT2D eigenvalue weighted by atomic mass is 10.2. The highest BCUT2D eigenvalue weighted by Gasteiger charge is 2.09. The van der Waals surface area contributed by atoms with E-state index < -0.39 is 0 Å². The minimum Gasteiger partial charge on any atom is -0.354 e. The predicted octanol–water partition coefficient (Wildman–Crippen LogP) is 2.67. The van der Waals surface area contributed by atoms with Crippen LogP contribution in [0.25, 0.3) is 0 Å². The van der Waals surface area contributed by atoms with Crippen LogP contribution in [0, 0.1) is 6.92 Å². The van der Waals surface area contributed by atoms with Gasteiger partial charge < -0.3 is 10.6 Å². The zero-order valence-electron chi connectivity index (χ0n) is 8.27. The quantitative estimate of drug-likeness (QED) is 0.796. The average molecular weight is 244 g/mol. The first-order valence-corrected chi connectivity index (χ1v) is 5.43. The highest BCUT2D eigenvalue weighted by Crippen LogP contribution is 2.29. The minimum atomic E-state index is 0.665. The van der Waals surface area contributed by atoms with Gasteiger partial charge in [-0.25, -0.2) is 0 Å². The molecular weight excluding hydrogens is 233 g/mol. The first-order valence-electron chi connectivity index (χ1n) is 4.68. The summed E-state index contributed by atoms with van der Waals surface area (Å²) in [6, 6.07) is 3.62. The number of guanidine groups is 1. The lowest BCUT2D eigenvalue weighted by Crippen LogP contribution is -2.26. The lowest BCUT2D eigenvalue weighted by molar-refractivity contribution is 0.959. The van der Waals surface area contributed by atoms with Gasteiger partial charge in [0.15, 0.2) is 5.96 Å². The number of aliphatic imine (C=N–C) groups is 1. The molecule has 1 aliphatic rings. The number of nitrogens with one attached hydrogen (secondary N) is 2. The third kappa shape index (κ3) is 2.36. The van der Waals surface area contributed by atoms with Gasteiger partial charge in [-0.15, -0.1) is 0 Å². The fraction of sp³-hybridized carbons (Fsp3) is 0.300. The molecule has 0 saturated carbocycles. The third-order valence-corrected chi connectivity index (χ3v) is 2.87. The molecule has 0 amide bonds. The molecule has 2 rings (SSSR count). The largest absolute Gasteiger partial charge is 0.354 e. The van der Waals surface area contributed by atoms with Crippen LogP contribution in [0.2, 0.25) is 10.0 Å². The second-order valence-corrected chi connectivity index (χ2v) is 4.18. The molecule has 5 heteroatoms. The summed E-state index contributed by atoms with van der Waals surface area (Å²) in [5.41, 5.74) is 1.74. The molecule has 3 nitrogen and oxygen atoms in total. The van der Waals surface area contributed by atoms with E-state index >= 15 is 0 Å². The number of aryl methyl sites for hydroxylation is 1. The molecule has 0 radical (unpaired) electrons. The second kappa shape index (κ2) is 4.29. The molecule has 0 unspecified atom stereocenters. The molecule has 1 aromatic carbocycles. The summed E-state index contributed by atoms with van der Waals surface area (Å²) >= 11 is 12.1. The van der Waals surface area contributed by atoms with Crippen molar-refractivity contribution in [3.8, 4) is 0 Å². The number of hydrogen-bond donors (Lipinski definition) is 2. The molecule has 1 aromatic rings. The van der Waals surface area contributed by atoms with Crippen molar-refractivity contribution < 1.29 is 0 Å². The van der Waals surface area contributed by atoms with E-state index in [0.717, 1.165) is 30.3 Å². The smallest absolute Gasteiger partial charge is 0.195 e. The Balaban J connectivity index is 2.27. The summed E-state index contributed by atoms with van der Waals surface area (Å²) in [5, 5.41) is 7.56. The van der Waals surface area contributed by atoms with Crippen molar-refractivity contribution >= 4 is 34.8 Å². The maximum Gasteiger partial charge on any atom is 0.195 e. The Morgan fingerprint density at radius 2 is 2.20 bits per heavy atom. The molecule has 1 heterocycles. The topological polar surface area (TPSA) is 36.4 Å². The van der Waals surface area contributed by atoms with Crippen LogP contribution >= 0.6 is 23.2 Å². The summed E-state index contributed by atoms with van der Waals surface area (Å²) in [4.78, 5) is 4.22. The SMILES string of the molecule is Cc1cc(Cl)cc(NC2=NCCN2)c1Cl. The summed E-state index contributed by atoms with van der Waals surface area (Å²) in [6.07, 6.45) is 0. The van der Waals surface area contributed by atoms with Crippen molar-refractivity contribution in [3.63, 3.8) is 0 Å². The Kier molecular flexibility index (Phi) is 3.03. The van der Waals surface area contributed by atoms with Crippen LogP contribution in [0.5, 0.6) is 0 Å². The molecule has 1 aliphatic heterocycles. The van der Waals surface area contributed by atoms with E-state index in [0.29, 0.717) is 10.0 Å². The summed E-state index contributed by atoms with van der Waals surface area (Å²) in [5.74, 6) is 0.749. The molecule has 0 saturated heterocycles. The summed E-state index contributed by atoms with van der Waals surface area (Å²) in [7, 11) is 0. The average Bonchev–Trinajstić information content (AvgIpc) is 2.66. The molecule has 0 spiro atoms. The van der Waals surface area contributed by atoms with E-state index in [1.54, 1.807) is 6.07 Å². The highest BCUT2D eigenvalue weighted by atomic mass is 35.5. The zero-order chi connectivity index (χ0) is 10.8. The molecule has 0 bridgehead atoms. The summed E-state index contributed by atoms with van der Waals surface area (Å²) < 4.78 is 0. The van der Waals surface area contributed by atoms with Crippen molar-refractivity contribution in [1.29, 1.82) is 0 Å². The van der Waals surface area contributed by atoms with Gasteiger partial charge in [0.2, 0.25) is 0 Å². The molecular formula is C10H11Cl2N3. The molecule has 0 fully saturated rings. The van der Waals surface area contributed by atoms with Crippen LogP contribution in [0.15, 0.2) is 17.1 Å². The lowest BCUT2D eigenvalue weighted by Gasteiger charge is -2.10. The predicted molar refractivity (Wildman–Crippen MR) is 65.1 cm³/mol. The fourth-order valence-electron chi connectivity index (χ4n) is 1.43. The highest BCUT2D eigenvalue weighted by molar-refractivity contribution is 6.36. The van der Waals surface area contributed by atoms with Gasteiger partial charge in [-0.05, 0) is 24.6 Å². The second-order valence-electron chi connectivity index (χ2n) is 3.37. The van der Waals surface area contributed by atoms with Crippen LogP contribution in [0.1, 0.15) is 5.56 Å². The van der Waals surface area contributed by atoms with Crippen molar-refractivity contribution in [1.82, 2.24) is 5.32 Å². The van der Waals surface area contributed by atoms with E-state index in [-0.39, 0.29) is 0 Å². The third-order valence-electron chi connectivity index (χ3n) is 2.15. The van der Waals surface area contributed by atoms with Gasteiger partial charge >= 0.3 is 0 Å². The van der Waals surface area contributed by atoms with Crippen LogP contribution in [0.4, 0.5) is 5.69 Å². The zero-order valence-corrected chi connectivity index (χ0v) is 9.78. The van der Waals surface area contributed by atoms with E-state index in [1.165, 1.54) is 0 Å². The maximum atomic E-state index is 6.14. The van der Waals surface area contributed by atoms with Crippen molar-refractivity contribution in [2.75, 3.05) is 18.4 Å². The first kappa shape index (κ1) is 10.6. The molecule has 0 aromatic heterocycles. The van der Waals surface area contributed by atoms with Crippen LogP contribution < -0.4 is 10.6 Å². The maximum absolute atomic E-state index is 6.14. The van der Waals surface area contributed by atoms with Gasteiger partial charge in [-0.2, -0.15) is 0 Å². The van der Waals surface area contributed by atoms with Crippen LogP contribution in [0.3, 0.4) is 0 Å². The van der Waals surface area contributed by atoms with E-state index in [4.69, 9.17) is 23.2 Å². The van der Waals surface area contributed by atoms with Gasteiger partial charge in [0.25, 0.3) is 0 Å². The fourth-order valence-corrected chi connectivity index (χ4v) is 1.85. The number of hydrogen-bond acceptors (Lipinski definition) is 3. The van der Waals surface area contributed by atoms with Gasteiger partial charge in [-0.1, -0.05) is 23.2 Å². The van der Waals surface area contributed by atoms with Crippen LogP contribution in [-0.4, -0.2) is 19.0 Å². The van der Waals surface area contributed by atoms with E-state index in [1.807, 2.05) is 13.0 Å². The van der Waals surface area contributed by atoms with Gasteiger partial charge in [0.05, 0.1) is 17.3 Å². The number of benzene rings is 1. The number of halogens is 2. The van der Waals surface area contributed by atoms with Gasteiger partial charge in [0, 0.05) is 11.6 Å². The first-order chi connectivity index (χ1) is 7.16. The standard InChI is InChI=1S/C10H11Cl2N3/c1-6-4-7(11)5-8(9(6)12)15-10-13-2-3-14-10/h4-5H,2-3H2,1H3,(H2,13,14,15). The Morgan fingerprint density at radius 1 is 1.40 bits per heavy atom. The van der Waals surface area contributed by atoms with Crippen molar-refractivity contribution in [2.45, 2.75) is 6.92 Å². The minimum absolute atomic E-state index is 0.665. The Hall–Kier alpha value is -0.930. The normalized spacial score (nSPS) is 14.7. The monoisotopic (exact) mass is 243 g/mol. The molecule has 0 atom stereocenters. The number of nitrogens with zero attached hydrogens (tertiary/aromatic N) is 1. The Morgan fingerprint density at radius 3 is 2.87 bits per heavy atom. The van der Waals surface area contributed by atoms with E-state index in [2.05, 4.69) is 15.6 Å². The van der Waals surface area contributed by atoms with Crippen LogP contribution in [-0.2, 0) is 0 Å². The van der Waals surface area contributed by atoms with E-state index in [9.17, 15) is 0 Å². The van der Waals surface area contributed by atoms with Crippen molar-refractivity contribution in [2.24, 2.45) is 4.99 Å². The number of anilines is 1. The number of rotatable bonds is 1.